The smallest absolute Gasteiger partial charge is 0.308 e. The Morgan fingerprint density at radius 2 is 0.630 bits per heavy atom. The molecule has 0 fully saturated rings. The van der Waals surface area contributed by atoms with Crippen molar-refractivity contribution in [2.24, 2.45) is 0 Å². The second kappa shape index (κ2) is 25.8. The molecular weight excluding hydrogens is 999 g/mol. The van der Waals surface area contributed by atoms with E-state index in [-0.39, 0.29) is 21.7 Å². The maximum atomic E-state index is 11.7. The minimum atomic E-state index is -4.27. The van der Waals surface area contributed by atoms with Crippen LogP contribution in [-0.2, 0) is 34.6 Å². The molecule has 8 aromatic carbocycles. The minimum absolute atomic E-state index is 0.178. The van der Waals surface area contributed by atoms with Gasteiger partial charge in [-0.3, -0.25) is 9.59 Å². The van der Waals surface area contributed by atoms with Gasteiger partial charge in [0, 0.05) is 13.8 Å². The second-order valence-corrected chi connectivity index (χ2v) is 26.7. The van der Waals surface area contributed by atoms with Crippen LogP contribution in [0.3, 0.4) is 0 Å². The average Bonchev–Trinajstić information content (AvgIpc) is 3.38. The fraction of sp³-hybridized carbons (Fsp3) is 0.138. The molecule has 0 spiro atoms. The van der Waals surface area contributed by atoms with Gasteiger partial charge >= 0.3 is 11.9 Å². The van der Waals surface area contributed by atoms with Crippen LogP contribution in [0.4, 0.5) is 0 Å². The number of hydrogen-bond acceptors (Lipinski definition) is 11. The van der Waals surface area contributed by atoms with Crippen molar-refractivity contribution in [3.63, 3.8) is 0 Å². The molecule has 0 atom stereocenters. The Labute approximate surface area is 430 Å². The molecule has 0 N–H and O–H groups in total. The normalized spacial score (nSPS) is 11.5. The molecule has 8 aromatic rings. The molecule has 0 unspecified atom stereocenters. The number of ether oxygens (including phenoxy) is 3. The Balaban J connectivity index is 0.000000323. The summed E-state index contributed by atoms with van der Waals surface area (Å²) in [4.78, 5) is 23.0. The zero-order valence-electron chi connectivity index (χ0n) is 40.8. The van der Waals surface area contributed by atoms with E-state index in [4.69, 9.17) is 14.2 Å². The second-order valence-electron chi connectivity index (χ2n) is 16.7. The summed E-state index contributed by atoms with van der Waals surface area (Å²) in [7, 11) is -12.9. The molecule has 0 radical (unpaired) electrons. The van der Waals surface area contributed by atoms with E-state index in [9.17, 15) is 35.5 Å². The van der Waals surface area contributed by atoms with E-state index in [1.807, 2.05) is 38.1 Å². The standard InChI is InChI=1S/C44H42O5P2.2C7H8O3S/c1-35(45)48-37-23-27-43(28-24-37)50(39-15-7-3-8-16-39,40-17-9-4-10-18-40)33-31-47-32-34-51(41-19-11-5-12-20-41,42-21-13-6-14-22-42)44-29-25-38(26-30-44)49-36(2)46;2*1-6-2-4-7(5-3-6)11(8,9)10/h3-30H,31-34H2,1-2H3;2*2-5H,1H3,(H,8,9,10)/q+2;;/p-2. The third kappa shape index (κ3) is 15.2. The van der Waals surface area contributed by atoms with Crippen LogP contribution in [-0.4, -0.2) is 63.4 Å². The molecule has 0 aliphatic heterocycles. The van der Waals surface area contributed by atoms with Crippen molar-refractivity contribution < 1.29 is 49.7 Å². The fourth-order valence-corrected chi connectivity index (χ4v) is 17.3. The summed E-state index contributed by atoms with van der Waals surface area (Å²) in [6.45, 7) is 7.58. The Morgan fingerprint density at radius 3 is 0.863 bits per heavy atom. The molecule has 73 heavy (non-hydrogen) atoms. The monoisotopic (exact) mass is 1050 g/mol. The highest BCUT2D eigenvalue weighted by molar-refractivity contribution is 7.96. The maximum Gasteiger partial charge on any atom is 0.308 e. The zero-order chi connectivity index (χ0) is 52.5. The van der Waals surface area contributed by atoms with Gasteiger partial charge in [-0.15, -0.1) is 0 Å². The van der Waals surface area contributed by atoms with Gasteiger partial charge < -0.3 is 23.3 Å². The van der Waals surface area contributed by atoms with E-state index in [1.165, 1.54) is 69.9 Å². The van der Waals surface area contributed by atoms with Crippen LogP contribution in [0.15, 0.2) is 228 Å². The van der Waals surface area contributed by atoms with Crippen molar-refractivity contribution in [2.75, 3.05) is 25.5 Å². The Bertz CT molecular complexity index is 2940. The first-order valence-electron chi connectivity index (χ1n) is 23.1. The molecule has 15 heteroatoms. The maximum absolute atomic E-state index is 11.7. The summed E-state index contributed by atoms with van der Waals surface area (Å²) in [5, 5.41) is 7.46. The van der Waals surface area contributed by atoms with Crippen molar-refractivity contribution in [3.05, 3.63) is 230 Å². The van der Waals surface area contributed by atoms with Gasteiger partial charge in [0.15, 0.2) is 0 Å². The molecule has 376 valence electrons. The van der Waals surface area contributed by atoms with Crippen LogP contribution >= 0.6 is 14.5 Å². The molecular formula is C58H56O11P2S2. The van der Waals surface area contributed by atoms with Gasteiger partial charge in [-0.2, -0.15) is 0 Å². The number of carbonyl (C=O) groups excluding carboxylic acids is 2. The molecule has 0 heterocycles. The number of benzene rings is 8. The zero-order valence-corrected chi connectivity index (χ0v) is 44.2. The van der Waals surface area contributed by atoms with Crippen LogP contribution < -0.4 is 41.3 Å². The van der Waals surface area contributed by atoms with E-state index in [1.54, 1.807) is 24.3 Å². The number of rotatable bonds is 16. The van der Waals surface area contributed by atoms with Crippen molar-refractivity contribution in [2.45, 2.75) is 37.5 Å². The Morgan fingerprint density at radius 1 is 0.384 bits per heavy atom. The third-order valence-corrected chi connectivity index (χ3v) is 22.1. The van der Waals surface area contributed by atoms with Crippen LogP contribution in [0.5, 0.6) is 11.5 Å². The predicted molar refractivity (Wildman–Crippen MR) is 292 cm³/mol. The average molecular weight is 1060 g/mol. The van der Waals surface area contributed by atoms with Crippen LogP contribution in [0.1, 0.15) is 25.0 Å². The van der Waals surface area contributed by atoms with Crippen molar-refractivity contribution >= 4 is 78.5 Å². The van der Waals surface area contributed by atoms with Gasteiger partial charge in [0.2, 0.25) is 0 Å². The van der Waals surface area contributed by atoms with Crippen LogP contribution in [0.2, 0.25) is 0 Å². The summed E-state index contributed by atoms with van der Waals surface area (Å²) >= 11 is 0. The van der Waals surface area contributed by atoms with E-state index in [0.29, 0.717) is 24.7 Å². The Kier molecular flexibility index (Phi) is 19.7. The molecule has 0 saturated heterocycles. The largest absolute Gasteiger partial charge is 0.744 e. The van der Waals surface area contributed by atoms with Gasteiger partial charge in [0.05, 0.1) is 35.3 Å². The number of esters is 2. The highest BCUT2D eigenvalue weighted by Gasteiger charge is 2.47. The first-order valence-corrected chi connectivity index (χ1v) is 29.9. The van der Waals surface area contributed by atoms with Crippen LogP contribution in [0, 0.1) is 13.8 Å². The topological polar surface area (TPSA) is 176 Å². The van der Waals surface area contributed by atoms with Crippen molar-refractivity contribution in [1.29, 1.82) is 0 Å². The summed E-state index contributed by atoms with van der Waals surface area (Å²) in [5.74, 6) is 0.386. The highest BCUT2D eigenvalue weighted by atomic mass is 32.2. The van der Waals surface area contributed by atoms with Gasteiger partial charge in [-0.25, -0.2) is 16.8 Å². The molecule has 11 nitrogen and oxygen atoms in total. The first kappa shape index (κ1) is 55.7. The lowest BCUT2D eigenvalue weighted by molar-refractivity contribution is -0.132. The van der Waals surface area contributed by atoms with E-state index < -0.39 is 34.8 Å². The van der Waals surface area contributed by atoms with Gasteiger partial charge in [0.25, 0.3) is 0 Å². The van der Waals surface area contributed by atoms with E-state index in [2.05, 4.69) is 146 Å². The molecule has 8 rings (SSSR count). The number of aryl methyl sites for hydroxylation is 2. The predicted octanol–water partition coefficient (Wildman–Crippen LogP) is 8.64. The molecule has 0 aromatic heterocycles. The lowest BCUT2D eigenvalue weighted by atomic mass is 10.2. The first-order chi connectivity index (χ1) is 34.9. The third-order valence-electron chi connectivity index (χ3n) is 11.6. The van der Waals surface area contributed by atoms with Crippen LogP contribution in [0.25, 0.3) is 0 Å². The quantitative estimate of drug-likeness (QED) is 0.0298. The molecule has 0 aliphatic rings. The molecule has 0 saturated carbocycles. The van der Waals surface area contributed by atoms with Crippen molar-refractivity contribution in [1.82, 2.24) is 0 Å². The van der Waals surface area contributed by atoms with Crippen molar-refractivity contribution in [3.8, 4) is 11.5 Å². The van der Waals surface area contributed by atoms with Gasteiger partial charge in [0.1, 0.15) is 78.1 Å². The molecule has 0 bridgehead atoms. The molecule has 0 amide bonds. The van der Waals surface area contributed by atoms with Gasteiger partial charge in [-0.05, 0) is 135 Å². The lowest BCUT2D eigenvalue weighted by Gasteiger charge is -2.29. The summed E-state index contributed by atoms with van der Waals surface area (Å²) in [6.07, 6.45) is 1.60. The number of hydrogen-bond donors (Lipinski definition) is 0. The lowest BCUT2D eigenvalue weighted by Crippen LogP contribution is -2.36. The SMILES string of the molecule is CC(=O)Oc1ccc([P+](CCOCC[P+](c2ccccc2)(c2ccccc2)c2ccc(OC(C)=O)cc2)(c2ccccc2)c2ccccc2)cc1.Cc1ccc(S(=O)(=O)[O-])cc1.Cc1ccc(S(=O)(=O)[O-])cc1. The summed E-state index contributed by atoms with van der Waals surface area (Å²) < 4.78 is 79.9. The number of carbonyl (C=O) groups is 2. The minimum Gasteiger partial charge on any atom is -0.744 e. The Hall–Kier alpha value is -6.66. The van der Waals surface area contributed by atoms with E-state index in [0.717, 1.165) is 23.5 Å². The van der Waals surface area contributed by atoms with E-state index >= 15 is 0 Å². The fourth-order valence-electron chi connectivity index (χ4n) is 8.18. The molecule has 0 aliphatic carbocycles. The summed E-state index contributed by atoms with van der Waals surface area (Å²) in [6, 6.07) is 70.4. The van der Waals surface area contributed by atoms with Gasteiger partial charge in [-0.1, -0.05) is 108 Å². The summed E-state index contributed by atoms with van der Waals surface area (Å²) in [5.41, 5.74) is 1.86. The highest BCUT2D eigenvalue weighted by Crippen LogP contribution is 2.57.